The summed E-state index contributed by atoms with van der Waals surface area (Å²) in [5.41, 5.74) is 0.973. The van der Waals surface area contributed by atoms with Gasteiger partial charge in [-0.2, -0.15) is 0 Å². The number of carbonyl (C=O) groups is 2. The van der Waals surface area contributed by atoms with Crippen molar-refractivity contribution in [2.24, 2.45) is 0 Å². The van der Waals surface area contributed by atoms with E-state index in [0.717, 1.165) is 0 Å². The zero-order chi connectivity index (χ0) is 19.6. The summed E-state index contributed by atoms with van der Waals surface area (Å²) < 4.78 is 19.2. The average Bonchev–Trinajstić information content (AvgIpc) is 2.68. The van der Waals surface area contributed by atoms with E-state index in [2.05, 4.69) is 6.58 Å². The molecule has 1 amide bonds. The quantitative estimate of drug-likeness (QED) is 0.461. The van der Waals surface area contributed by atoms with Gasteiger partial charge in [0.25, 0.3) is 0 Å². The molecule has 0 aromatic heterocycles. The number of hydrogen-bond acceptors (Lipinski definition) is 3. The highest BCUT2D eigenvalue weighted by molar-refractivity contribution is 5.98. The molecule has 0 saturated heterocycles. The first-order valence-electron chi connectivity index (χ1n) is 8.93. The molecule has 142 valence electrons. The molecule has 0 saturated carbocycles. The maximum absolute atomic E-state index is 13.8. The minimum Gasteiger partial charge on any atom is -0.494 e. The Bertz CT molecular complexity index is 786. The fourth-order valence-electron chi connectivity index (χ4n) is 2.67. The second-order valence-corrected chi connectivity index (χ2v) is 6.03. The lowest BCUT2D eigenvalue weighted by atomic mass is 10.1. The van der Waals surface area contributed by atoms with E-state index in [1.54, 1.807) is 48.5 Å². The lowest BCUT2D eigenvalue weighted by Gasteiger charge is -2.21. The first kappa shape index (κ1) is 20.4. The van der Waals surface area contributed by atoms with Crippen LogP contribution in [0.2, 0.25) is 0 Å². The maximum atomic E-state index is 13.8. The molecule has 2 aromatic carbocycles. The molecule has 0 spiro atoms. The van der Waals surface area contributed by atoms with Gasteiger partial charge in [-0.25, -0.2) is 4.39 Å². The van der Waals surface area contributed by atoms with Crippen molar-refractivity contribution in [2.45, 2.75) is 26.3 Å². The van der Waals surface area contributed by atoms with E-state index >= 15 is 0 Å². The van der Waals surface area contributed by atoms with E-state index in [4.69, 9.17) is 4.74 Å². The minimum atomic E-state index is -0.357. The number of nitrogens with zero attached hydrogens (tertiary/aromatic N) is 1. The summed E-state index contributed by atoms with van der Waals surface area (Å²) in [6, 6.07) is 13.2. The molecule has 0 bridgehead atoms. The predicted molar refractivity (Wildman–Crippen MR) is 103 cm³/mol. The molecule has 2 aromatic rings. The second kappa shape index (κ2) is 10.3. The van der Waals surface area contributed by atoms with Gasteiger partial charge < -0.3 is 9.64 Å². The van der Waals surface area contributed by atoms with Crippen molar-refractivity contribution in [3.05, 3.63) is 78.1 Å². The number of benzene rings is 2. The number of hydrogen-bond donors (Lipinski definition) is 0. The van der Waals surface area contributed by atoms with Crippen molar-refractivity contribution >= 4 is 11.7 Å². The highest BCUT2D eigenvalue weighted by Crippen LogP contribution is 2.15. The summed E-state index contributed by atoms with van der Waals surface area (Å²) in [6.45, 7) is 6.54. The van der Waals surface area contributed by atoms with Crippen LogP contribution in [0.25, 0.3) is 0 Å². The molecule has 0 unspecified atom stereocenters. The monoisotopic (exact) mass is 369 g/mol. The molecule has 27 heavy (non-hydrogen) atoms. The molecule has 0 aliphatic rings. The summed E-state index contributed by atoms with van der Waals surface area (Å²) in [5.74, 6) is 0.0188. The van der Waals surface area contributed by atoms with Crippen LogP contribution in [0.3, 0.4) is 0 Å². The van der Waals surface area contributed by atoms with E-state index in [0.29, 0.717) is 30.0 Å². The predicted octanol–water partition coefficient (Wildman–Crippen LogP) is 4.40. The largest absolute Gasteiger partial charge is 0.494 e. The Morgan fingerprint density at radius 3 is 2.44 bits per heavy atom. The van der Waals surface area contributed by atoms with Crippen LogP contribution in [-0.2, 0) is 11.3 Å². The molecular weight excluding hydrogens is 345 g/mol. The summed E-state index contributed by atoms with van der Waals surface area (Å²) in [7, 11) is 0. The van der Waals surface area contributed by atoms with Crippen LogP contribution in [-0.4, -0.2) is 29.7 Å². The van der Waals surface area contributed by atoms with Crippen molar-refractivity contribution in [3.8, 4) is 5.75 Å². The number of ketones is 1. The van der Waals surface area contributed by atoms with E-state index < -0.39 is 0 Å². The van der Waals surface area contributed by atoms with Gasteiger partial charge in [-0.3, -0.25) is 9.59 Å². The summed E-state index contributed by atoms with van der Waals surface area (Å²) in [4.78, 5) is 26.3. The Morgan fingerprint density at radius 1 is 1.11 bits per heavy atom. The number of Topliss-reactive ketones (excluding diaryl/α,β-unsaturated/α-hetero) is 1. The zero-order valence-electron chi connectivity index (χ0n) is 15.5. The van der Waals surface area contributed by atoms with Gasteiger partial charge in [0.05, 0.1) is 6.61 Å². The van der Waals surface area contributed by atoms with E-state index in [-0.39, 0.29) is 36.9 Å². The fraction of sp³-hybridized carbons (Fsp3) is 0.273. The molecule has 4 nitrogen and oxygen atoms in total. The molecule has 0 aliphatic heterocycles. The standard InChI is InChI=1S/C22H24FNO3/c1-3-15-24(16-18-7-5-6-8-20(18)23)22(26)14-13-21(25)17-9-11-19(12-10-17)27-4-2/h3,5-12H,1,4,13-16H2,2H3. The SMILES string of the molecule is C=CCN(Cc1ccccc1F)C(=O)CCC(=O)c1ccc(OCC)cc1. The number of carbonyl (C=O) groups excluding carboxylic acids is 2. The molecule has 5 heteroatoms. The van der Waals surface area contributed by atoms with Gasteiger partial charge in [-0.05, 0) is 37.3 Å². The Balaban J connectivity index is 1.95. The van der Waals surface area contributed by atoms with Crippen LogP contribution in [0.15, 0.2) is 61.2 Å². The Hall–Kier alpha value is -2.95. The van der Waals surface area contributed by atoms with Gasteiger partial charge in [0.15, 0.2) is 5.78 Å². The van der Waals surface area contributed by atoms with Crippen molar-refractivity contribution in [3.63, 3.8) is 0 Å². The lowest BCUT2D eigenvalue weighted by Crippen LogP contribution is -2.31. The van der Waals surface area contributed by atoms with Crippen LogP contribution in [0.5, 0.6) is 5.75 Å². The number of halogens is 1. The number of rotatable bonds is 10. The third kappa shape index (κ3) is 6.06. The van der Waals surface area contributed by atoms with Gasteiger partial charge >= 0.3 is 0 Å². The molecular formula is C22H24FNO3. The van der Waals surface area contributed by atoms with Gasteiger partial charge in [-0.1, -0.05) is 24.3 Å². The van der Waals surface area contributed by atoms with E-state index in [1.165, 1.54) is 11.0 Å². The number of ether oxygens (including phenoxy) is 1. The Kier molecular flexibility index (Phi) is 7.74. The van der Waals surface area contributed by atoms with Crippen LogP contribution in [0, 0.1) is 5.82 Å². The van der Waals surface area contributed by atoms with E-state index in [9.17, 15) is 14.0 Å². The van der Waals surface area contributed by atoms with Gasteiger partial charge in [0.1, 0.15) is 11.6 Å². The van der Waals surface area contributed by atoms with Crippen LogP contribution in [0.4, 0.5) is 4.39 Å². The van der Waals surface area contributed by atoms with Gasteiger partial charge in [0.2, 0.25) is 5.91 Å². The maximum Gasteiger partial charge on any atom is 0.223 e. The molecule has 0 radical (unpaired) electrons. The van der Waals surface area contributed by atoms with Crippen molar-refractivity contribution in [2.75, 3.05) is 13.2 Å². The van der Waals surface area contributed by atoms with Crippen molar-refractivity contribution < 1.29 is 18.7 Å². The number of amides is 1. The third-order valence-electron chi connectivity index (χ3n) is 4.07. The third-order valence-corrected chi connectivity index (χ3v) is 4.07. The molecule has 0 fully saturated rings. The van der Waals surface area contributed by atoms with Crippen molar-refractivity contribution in [1.82, 2.24) is 4.90 Å². The Morgan fingerprint density at radius 2 is 1.81 bits per heavy atom. The first-order chi connectivity index (χ1) is 13.0. The van der Waals surface area contributed by atoms with E-state index in [1.807, 2.05) is 6.92 Å². The van der Waals surface area contributed by atoms with Gasteiger partial charge in [-0.15, -0.1) is 6.58 Å². The summed E-state index contributed by atoms with van der Waals surface area (Å²) in [6.07, 6.45) is 1.75. The summed E-state index contributed by atoms with van der Waals surface area (Å²) in [5, 5.41) is 0. The highest BCUT2D eigenvalue weighted by atomic mass is 19.1. The van der Waals surface area contributed by atoms with Crippen molar-refractivity contribution in [1.29, 1.82) is 0 Å². The second-order valence-electron chi connectivity index (χ2n) is 6.03. The molecule has 0 N–H and O–H groups in total. The molecule has 0 aliphatic carbocycles. The zero-order valence-corrected chi connectivity index (χ0v) is 15.5. The Labute approximate surface area is 159 Å². The fourth-order valence-corrected chi connectivity index (χ4v) is 2.67. The molecule has 0 heterocycles. The normalized spacial score (nSPS) is 10.3. The highest BCUT2D eigenvalue weighted by Gasteiger charge is 2.16. The molecule has 2 rings (SSSR count). The van der Waals surface area contributed by atoms with Crippen LogP contribution in [0.1, 0.15) is 35.7 Å². The van der Waals surface area contributed by atoms with Gasteiger partial charge in [0, 0.05) is 37.1 Å². The topological polar surface area (TPSA) is 46.6 Å². The van der Waals surface area contributed by atoms with Crippen LogP contribution >= 0.6 is 0 Å². The average molecular weight is 369 g/mol. The minimum absolute atomic E-state index is 0.0638. The van der Waals surface area contributed by atoms with Crippen LogP contribution < -0.4 is 4.74 Å². The smallest absolute Gasteiger partial charge is 0.223 e. The first-order valence-corrected chi connectivity index (χ1v) is 8.93. The lowest BCUT2D eigenvalue weighted by molar-refractivity contribution is -0.131. The molecule has 0 atom stereocenters. The summed E-state index contributed by atoms with van der Waals surface area (Å²) >= 11 is 0.